The summed E-state index contributed by atoms with van der Waals surface area (Å²) < 4.78 is 17.2. The molecule has 0 saturated heterocycles. The summed E-state index contributed by atoms with van der Waals surface area (Å²) in [5, 5.41) is 10.9. The lowest BCUT2D eigenvalue weighted by Gasteiger charge is -2.25. The van der Waals surface area contributed by atoms with Gasteiger partial charge in [-0.25, -0.2) is 0 Å². The summed E-state index contributed by atoms with van der Waals surface area (Å²) in [5.74, 6) is -1.43. The number of carbonyl (C=O) groups excluding carboxylic acids is 1. The molecule has 0 amide bonds. The number of hydrogen-bond donors (Lipinski definition) is 1. The molecule has 0 fully saturated rings. The highest BCUT2D eigenvalue weighted by Crippen LogP contribution is 2.45. The second-order valence-corrected chi connectivity index (χ2v) is 8.10. The van der Waals surface area contributed by atoms with Crippen molar-refractivity contribution in [2.75, 3.05) is 0 Å². The summed E-state index contributed by atoms with van der Waals surface area (Å²) in [7, 11) is 0. The van der Waals surface area contributed by atoms with Gasteiger partial charge in [0.05, 0.1) is 18.1 Å². The second-order valence-electron chi connectivity index (χ2n) is 8.10. The van der Waals surface area contributed by atoms with Crippen LogP contribution in [0.5, 0.6) is 11.5 Å². The molecule has 1 N–H and O–H groups in total. The van der Waals surface area contributed by atoms with Crippen molar-refractivity contribution in [3.05, 3.63) is 105 Å². The van der Waals surface area contributed by atoms with Gasteiger partial charge in [-0.1, -0.05) is 42.5 Å². The highest BCUT2D eigenvalue weighted by atomic mass is 16.5. The van der Waals surface area contributed by atoms with Crippen molar-refractivity contribution in [1.29, 1.82) is 0 Å². The molecule has 7 nitrogen and oxygen atoms in total. The van der Waals surface area contributed by atoms with Crippen molar-refractivity contribution >= 4 is 27.9 Å². The Balaban J connectivity index is 1.68. The van der Waals surface area contributed by atoms with Gasteiger partial charge in [0.15, 0.2) is 10.9 Å². The molecule has 3 aromatic carbocycles. The van der Waals surface area contributed by atoms with Crippen molar-refractivity contribution < 1.29 is 23.5 Å². The number of phenols is 1. The first kappa shape index (κ1) is 20.0. The van der Waals surface area contributed by atoms with Gasteiger partial charge in [-0.3, -0.25) is 14.4 Å². The molecule has 0 saturated carbocycles. The number of phenolic OH excluding ortho intramolecular Hbond substituents is 1. The van der Waals surface area contributed by atoms with Crippen LogP contribution in [-0.4, -0.2) is 11.1 Å². The number of esters is 1. The molecule has 34 heavy (non-hydrogen) atoms. The smallest absolute Gasteiger partial charge is 0.312 e. The number of ether oxygens (including phenoxy) is 1. The Hall–Kier alpha value is -4.65. The Morgan fingerprint density at radius 1 is 0.912 bits per heavy atom. The Morgan fingerprint density at radius 2 is 1.68 bits per heavy atom. The number of benzene rings is 3. The van der Waals surface area contributed by atoms with Gasteiger partial charge in [0.1, 0.15) is 33.8 Å². The van der Waals surface area contributed by atoms with E-state index in [0.717, 1.165) is 0 Å². The summed E-state index contributed by atoms with van der Waals surface area (Å²) in [5.41, 5.74) is 0.959. The van der Waals surface area contributed by atoms with E-state index in [1.807, 2.05) is 18.2 Å². The number of hydrogen-bond acceptors (Lipinski definition) is 7. The van der Waals surface area contributed by atoms with Crippen LogP contribution in [0.2, 0.25) is 0 Å². The van der Waals surface area contributed by atoms with E-state index >= 15 is 0 Å². The molecule has 0 aliphatic carbocycles. The number of rotatable bonds is 2. The van der Waals surface area contributed by atoms with E-state index in [9.17, 15) is 19.5 Å². The molecule has 1 unspecified atom stereocenters. The Bertz CT molecular complexity index is 1730. The van der Waals surface area contributed by atoms with E-state index in [-0.39, 0.29) is 45.6 Å². The maximum Gasteiger partial charge on any atom is 0.312 e. The standard InChI is InChI=1S/C27H16O7/c28-18-11-21(14-6-2-1-3-7-14)34-27-24-16(10-23(30)33-22(24)12-19(29)25(18)27)17-13-32-20-9-5-4-8-15(20)26(17)31/h1-9,11-13,16,29H,10H2. The molecule has 3 heterocycles. The second kappa shape index (κ2) is 7.45. The SMILES string of the molecule is O=C1CC(c2coc3ccccc3c2=O)c2c(cc(O)c3c(=O)cc(-c4ccccc4)oc23)O1. The van der Waals surface area contributed by atoms with Gasteiger partial charge in [-0.05, 0) is 12.1 Å². The third-order valence-corrected chi connectivity index (χ3v) is 6.07. The van der Waals surface area contributed by atoms with Crippen LogP contribution >= 0.6 is 0 Å². The lowest BCUT2D eigenvalue weighted by molar-refractivity contribution is -0.135. The zero-order valence-corrected chi connectivity index (χ0v) is 17.6. The zero-order chi connectivity index (χ0) is 23.4. The number of carbonyl (C=O) groups is 1. The molecule has 0 radical (unpaired) electrons. The molecule has 2 aromatic heterocycles. The maximum absolute atomic E-state index is 13.3. The average Bonchev–Trinajstić information content (AvgIpc) is 2.84. The molecule has 7 heteroatoms. The van der Waals surface area contributed by atoms with Crippen molar-refractivity contribution in [1.82, 2.24) is 0 Å². The van der Waals surface area contributed by atoms with Crippen molar-refractivity contribution in [2.45, 2.75) is 12.3 Å². The lowest BCUT2D eigenvalue weighted by atomic mass is 9.85. The molecule has 0 bridgehead atoms. The van der Waals surface area contributed by atoms with Gasteiger partial charge in [-0.2, -0.15) is 0 Å². The van der Waals surface area contributed by atoms with Gasteiger partial charge in [0.25, 0.3) is 0 Å². The van der Waals surface area contributed by atoms with E-state index in [1.54, 1.807) is 36.4 Å². The zero-order valence-electron chi connectivity index (χ0n) is 17.6. The first-order valence-electron chi connectivity index (χ1n) is 10.6. The molecule has 0 spiro atoms. The van der Waals surface area contributed by atoms with Crippen LogP contribution in [0.4, 0.5) is 0 Å². The number of aromatic hydroxyl groups is 1. The molecule has 5 aromatic rings. The minimum Gasteiger partial charge on any atom is -0.507 e. The van der Waals surface area contributed by atoms with Crippen LogP contribution < -0.4 is 15.6 Å². The molecule has 1 aliphatic rings. The van der Waals surface area contributed by atoms with E-state index in [2.05, 4.69) is 0 Å². The molecular weight excluding hydrogens is 436 g/mol. The third kappa shape index (κ3) is 3.02. The quantitative estimate of drug-likeness (QED) is 0.305. The molecular formula is C27H16O7. The van der Waals surface area contributed by atoms with E-state index in [0.29, 0.717) is 22.1 Å². The van der Waals surface area contributed by atoms with Crippen LogP contribution in [-0.2, 0) is 4.79 Å². The Kier molecular flexibility index (Phi) is 4.38. The maximum atomic E-state index is 13.3. The van der Waals surface area contributed by atoms with E-state index in [1.165, 1.54) is 18.4 Å². The van der Waals surface area contributed by atoms with Crippen LogP contribution in [0.15, 0.2) is 91.4 Å². The number of para-hydroxylation sites is 1. The minimum atomic E-state index is -0.797. The first-order valence-corrected chi connectivity index (χ1v) is 10.6. The van der Waals surface area contributed by atoms with Crippen molar-refractivity contribution in [3.63, 3.8) is 0 Å². The van der Waals surface area contributed by atoms with E-state index < -0.39 is 17.3 Å². The van der Waals surface area contributed by atoms with E-state index in [4.69, 9.17) is 13.6 Å². The third-order valence-electron chi connectivity index (χ3n) is 6.07. The predicted molar refractivity (Wildman–Crippen MR) is 124 cm³/mol. The fourth-order valence-corrected chi connectivity index (χ4v) is 4.50. The predicted octanol–water partition coefficient (Wildman–Crippen LogP) is 4.71. The summed E-state index contributed by atoms with van der Waals surface area (Å²) in [6.07, 6.45) is 1.17. The first-order chi connectivity index (χ1) is 16.5. The summed E-state index contributed by atoms with van der Waals surface area (Å²) in [6, 6.07) is 18.4. The fraction of sp³-hybridized carbons (Fsp3) is 0.0741. The van der Waals surface area contributed by atoms with Gasteiger partial charge in [-0.15, -0.1) is 0 Å². The van der Waals surface area contributed by atoms with Gasteiger partial charge in [0, 0.05) is 34.7 Å². The summed E-state index contributed by atoms with van der Waals surface area (Å²) >= 11 is 0. The Morgan fingerprint density at radius 3 is 2.50 bits per heavy atom. The molecule has 6 rings (SSSR count). The monoisotopic (exact) mass is 452 g/mol. The van der Waals surface area contributed by atoms with Gasteiger partial charge >= 0.3 is 5.97 Å². The fourth-order valence-electron chi connectivity index (χ4n) is 4.50. The van der Waals surface area contributed by atoms with Gasteiger partial charge in [0.2, 0.25) is 0 Å². The summed E-state index contributed by atoms with van der Waals surface area (Å²) in [4.78, 5) is 38.8. The van der Waals surface area contributed by atoms with Crippen LogP contribution in [0, 0.1) is 0 Å². The van der Waals surface area contributed by atoms with Crippen LogP contribution in [0.25, 0.3) is 33.3 Å². The average molecular weight is 452 g/mol. The van der Waals surface area contributed by atoms with Gasteiger partial charge < -0.3 is 18.7 Å². The highest BCUT2D eigenvalue weighted by Gasteiger charge is 2.35. The number of fused-ring (bicyclic) bond motifs is 4. The normalized spacial score (nSPS) is 15.3. The topological polar surface area (TPSA) is 107 Å². The van der Waals surface area contributed by atoms with Crippen molar-refractivity contribution in [3.8, 4) is 22.8 Å². The molecule has 1 aliphatic heterocycles. The summed E-state index contributed by atoms with van der Waals surface area (Å²) in [6.45, 7) is 0. The lowest BCUT2D eigenvalue weighted by Crippen LogP contribution is -2.25. The Labute approximate surface area is 191 Å². The minimum absolute atomic E-state index is 0.0344. The van der Waals surface area contributed by atoms with Crippen LogP contribution in [0.1, 0.15) is 23.5 Å². The van der Waals surface area contributed by atoms with Crippen molar-refractivity contribution in [2.24, 2.45) is 0 Å². The largest absolute Gasteiger partial charge is 0.507 e. The highest BCUT2D eigenvalue weighted by molar-refractivity contribution is 5.93. The van der Waals surface area contributed by atoms with Crippen LogP contribution in [0.3, 0.4) is 0 Å². The molecule has 166 valence electrons. The molecule has 1 atom stereocenters.